The lowest BCUT2D eigenvalue weighted by atomic mass is 10.2. The summed E-state index contributed by atoms with van der Waals surface area (Å²) in [6, 6.07) is 7.12. The molecule has 0 aliphatic heterocycles. The average molecular weight is 387 g/mol. The van der Waals surface area contributed by atoms with Gasteiger partial charge < -0.3 is 11.5 Å². The van der Waals surface area contributed by atoms with Crippen molar-refractivity contribution in [1.82, 2.24) is 9.97 Å². The van der Waals surface area contributed by atoms with Gasteiger partial charge in [0.15, 0.2) is 0 Å². The van der Waals surface area contributed by atoms with Crippen LogP contribution in [0.4, 0.5) is 24.9 Å². The summed E-state index contributed by atoms with van der Waals surface area (Å²) in [4.78, 5) is 7.83. The predicted octanol–water partition coefficient (Wildman–Crippen LogP) is 3.63. The highest BCUT2D eigenvalue weighted by Gasteiger charge is 2.31. The maximum atomic E-state index is 12.8. The molecule has 10 heteroatoms. The molecule has 3 aromatic rings. The van der Waals surface area contributed by atoms with Crippen LogP contribution < -0.4 is 11.5 Å². The van der Waals surface area contributed by atoms with Gasteiger partial charge in [0.2, 0.25) is 5.95 Å². The number of alkyl halides is 3. The first kappa shape index (κ1) is 17.4. The number of halogens is 4. The standard InChI is InChI=1S/C15H10ClF3N4OS/c16-12-10(5-4-9-11(12)13(20)23-14(21)22-9)25(24)8-3-1-2-7(6-8)15(17,18)19/h1-6H,(H4,20,21,22,23). The zero-order valence-corrected chi connectivity index (χ0v) is 13.9. The van der Waals surface area contributed by atoms with Crippen LogP contribution in [0.5, 0.6) is 0 Å². The molecule has 3 rings (SSSR count). The minimum atomic E-state index is -4.54. The Hall–Kier alpha value is -2.39. The molecule has 0 saturated carbocycles. The molecule has 5 nitrogen and oxygen atoms in total. The van der Waals surface area contributed by atoms with E-state index in [1.807, 2.05) is 0 Å². The van der Waals surface area contributed by atoms with E-state index in [0.29, 0.717) is 5.52 Å². The molecule has 1 unspecified atom stereocenters. The third-order valence-corrected chi connectivity index (χ3v) is 5.31. The number of hydrogen-bond donors (Lipinski definition) is 2. The van der Waals surface area contributed by atoms with Gasteiger partial charge in [0, 0.05) is 4.90 Å². The quantitative estimate of drug-likeness (QED) is 0.701. The fourth-order valence-corrected chi connectivity index (χ4v) is 3.88. The number of rotatable bonds is 2. The van der Waals surface area contributed by atoms with E-state index < -0.39 is 22.5 Å². The number of nitrogen functional groups attached to an aromatic ring is 2. The van der Waals surface area contributed by atoms with E-state index in [1.54, 1.807) is 0 Å². The molecular weight excluding hydrogens is 377 g/mol. The van der Waals surface area contributed by atoms with Crippen molar-refractivity contribution in [2.45, 2.75) is 16.0 Å². The summed E-state index contributed by atoms with van der Waals surface area (Å²) in [5.74, 6) is -0.0526. The molecule has 1 heterocycles. The molecule has 0 radical (unpaired) electrons. The van der Waals surface area contributed by atoms with E-state index in [9.17, 15) is 17.4 Å². The first-order chi connectivity index (χ1) is 11.7. The Morgan fingerprint density at radius 1 is 1.08 bits per heavy atom. The summed E-state index contributed by atoms with van der Waals surface area (Å²) in [7, 11) is -1.95. The molecule has 25 heavy (non-hydrogen) atoms. The summed E-state index contributed by atoms with van der Waals surface area (Å²) in [6.07, 6.45) is -4.54. The Bertz CT molecular complexity index is 1010. The largest absolute Gasteiger partial charge is 0.416 e. The van der Waals surface area contributed by atoms with Crippen molar-refractivity contribution in [1.29, 1.82) is 0 Å². The lowest BCUT2D eigenvalue weighted by Crippen LogP contribution is -2.06. The first-order valence-corrected chi connectivity index (χ1v) is 8.31. The average Bonchev–Trinajstić information content (AvgIpc) is 2.53. The van der Waals surface area contributed by atoms with Crippen LogP contribution >= 0.6 is 11.6 Å². The lowest BCUT2D eigenvalue weighted by Gasteiger charge is -2.11. The van der Waals surface area contributed by atoms with Crippen LogP contribution in [-0.4, -0.2) is 14.2 Å². The Labute approximate surface area is 147 Å². The van der Waals surface area contributed by atoms with Gasteiger partial charge in [-0.2, -0.15) is 18.2 Å². The Kier molecular flexibility index (Phi) is 4.29. The number of aromatic nitrogens is 2. The molecule has 4 N–H and O–H groups in total. The Morgan fingerprint density at radius 3 is 2.48 bits per heavy atom. The SMILES string of the molecule is Nc1nc(N)c2c(Cl)c(S(=O)c3cccc(C(F)(F)F)c3)ccc2n1. The Morgan fingerprint density at radius 2 is 1.80 bits per heavy atom. The van der Waals surface area contributed by atoms with Crippen LogP contribution in [-0.2, 0) is 17.0 Å². The van der Waals surface area contributed by atoms with Crippen molar-refractivity contribution >= 4 is 45.1 Å². The van der Waals surface area contributed by atoms with E-state index in [2.05, 4.69) is 9.97 Å². The molecule has 130 valence electrons. The maximum Gasteiger partial charge on any atom is 0.416 e. The monoisotopic (exact) mass is 386 g/mol. The number of nitrogens with two attached hydrogens (primary N) is 2. The molecule has 0 aliphatic carbocycles. The predicted molar refractivity (Wildman–Crippen MR) is 89.5 cm³/mol. The topological polar surface area (TPSA) is 94.9 Å². The van der Waals surface area contributed by atoms with Crippen molar-refractivity contribution in [3.8, 4) is 0 Å². The molecule has 0 spiro atoms. The minimum Gasteiger partial charge on any atom is -0.383 e. The summed E-state index contributed by atoms with van der Waals surface area (Å²) >= 11 is 6.26. The van der Waals surface area contributed by atoms with Crippen LogP contribution in [0.15, 0.2) is 46.2 Å². The number of benzene rings is 2. The zero-order chi connectivity index (χ0) is 18.4. The van der Waals surface area contributed by atoms with E-state index in [4.69, 9.17) is 23.1 Å². The Balaban J connectivity index is 2.14. The summed E-state index contributed by atoms with van der Waals surface area (Å²) in [5.41, 5.74) is 10.7. The zero-order valence-electron chi connectivity index (χ0n) is 12.3. The number of nitrogens with zero attached hydrogens (tertiary/aromatic N) is 2. The molecule has 0 fully saturated rings. The number of anilines is 2. The molecular formula is C15H10ClF3N4OS. The highest BCUT2D eigenvalue weighted by Crippen LogP contribution is 2.35. The molecule has 0 bridgehead atoms. The van der Waals surface area contributed by atoms with Crippen molar-refractivity contribution in [3.63, 3.8) is 0 Å². The second-order valence-corrected chi connectivity index (χ2v) is 6.86. The summed E-state index contributed by atoms with van der Waals surface area (Å²) in [6.45, 7) is 0. The summed E-state index contributed by atoms with van der Waals surface area (Å²) in [5, 5.41) is 0.249. The van der Waals surface area contributed by atoms with Crippen LogP contribution in [0.1, 0.15) is 5.56 Å². The molecule has 1 aromatic heterocycles. The highest BCUT2D eigenvalue weighted by atomic mass is 35.5. The molecule has 0 amide bonds. The second kappa shape index (κ2) is 6.16. The van der Waals surface area contributed by atoms with Crippen molar-refractivity contribution < 1.29 is 17.4 Å². The van der Waals surface area contributed by atoms with Crippen molar-refractivity contribution in [2.75, 3.05) is 11.5 Å². The van der Waals surface area contributed by atoms with Gasteiger partial charge in [0.25, 0.3) is 0 Å². The normalized spacial score (nSPS) is 13.1. The third kappa shape index (κ3) is 3.24. The van der Waals surface area contributed by atoms with E-state index >= 15 is 0 Å². The van der Waals surface area contributed by atoms with Gasteiger partial charge in [-0.25, -0.2) is 9.19 Å². The van der Waals surface area contributed by atoms with Crippen LogP contribution in [0, 0.1) is 0 Å². The van der Waals surface area contributed by atoms with Gasteiger partial charge >= 0.3 is 6.18 Å². The van der Waals surface area contributed by atoms with E-state index in [0.717, 1.165) is 12.1 Å². The third-order valence-electron chi connectivity index (χ3n) is 3.39. The minimum absolute atomic E-state index is 0.00427. The van der Waals surface area contributed by atoms with Gasteiger partial charge in [0.05, 0.1) is 37.2 Å². The van der Waals surface area contributed by atoms with Crippen LogP contribution in [0.2, 0.25) is 5.02 Å². The van der Waals surface area contributed by atoms with E-state index in [1.165, 1.54) is 24.3 Å². The van der Waals surface area contributed by atoms with Gasteiger partial charge in [-0.15, -0.1) is 0 Å². The first-order valence-electron chi connectivity index (χ1n) is 6.78. The highest BCUT2D eigenvalue weighted by molar-refractivity contribution is 7.85. The van der Waals surface area contributed by atoms with Crippen LogP contribution in [0.3, 0.4) is 0 Å². The van der Waals surface area contributed by atoms with Crippen LogP contribution in [0.25, 0.3) is 10.9 Å². The smallest absolute Gasteiger partial charge is 0.383 e. The van der Waals surface area contributed by atoms with Crippen molar-refractivity contribution in [2.24, 2.45) is 0 Å². The lowest BCUT2D eigenvalue weighted by molar-refractivity contribution is -0.137. The van der Waals surface area contributed by atoms with Gasteiger partial charge in [-0.3, -0.25) is 0 Å². The van der Waals surface area contributed by atoms with Crippen molar-refractivity contribution in [3.05, 3.63) is 47.0 Å². The molecule has 1 atom stereocenters. The molecule has 0 saturated heterocycles. The molecule has 2 aromatic carbocycles. The maximum absolute atomic E-state index is 12.8. The fourth-order valence-electron chi connectivity index (χ4n) is 2.27. The number of hydrogen-bond acceptors (Lipinski definition) is 5. The number of fused-ring (bicyclic) bond motifs is 1. The second-order valence-electron chi connectivity index (χ2n) is 5.03. The van der Waals surface area contributed by atoms with Gasteiger partial charge in [0.1, 0.15) is 5.82 Å². The van der Waals surface area contributed by atoms with Gasteiger partial charge in [-0.05, 0) is 30.3 Å². The summed E-state index contributed by atoms with van der Waals surface area (Å²) < 4.78 is 51.2. The molecule has 0 aliphatic rings. The van der Waals surface area contributed by atoms with E-state index in [-0.39, 0.29) is 32.0 Å². The fraction of sp³-hybridized carbons (Fsp3) is 0.0667. The van der Waals surface area contributed by atoms with Gasteiger partial charge in [-0.1, -0.05) is 17.7 Å².